The largest absolute Gasteiger partial charge is 0.281 e. The third-order valence-corrected chi connectivity index (χ3v) is 5.13. The number of aromatic nitrogens is 2. The first-order valence-electron chi connectivity index (χ1n) is 6.33. The number of sulfonamides is 1. The second-order valence-electron chi connectivity index (χ2n) is 5.33. The molecule has 0 spiro atoms. The quantitative estimate of drug-likeness (QED) is 0.821. The molecule has 1 N–H and O–H groups in total. The Morgan fingerprint density at radius 3 is 2.32 bits per heavy atom. The van der Waals surface area contributed by atoms with Crippen molar-refractivity contribution in [2.45, 2.75) is 51.6 Å². The maximum absolute atomic E-state index is 12.7. The second-order valence-corrected chi connectivity index (χ2v) is 7.40. The van der Waals surface area contributed by atoms with Gasteiger partial charge < -0.3 is 0 Å². The van der Waals surface area contributed by atoms with Crippen molar-refractivity contribution in [3.63, 3.8) is 0 Å². The van der Waals surface area contributed by atoms with Crippen molar-refractivity contribution in [3.05, 3.63) is 11.3 Å². The molecule has 0 unspecified atom stereocenters. The van der Waals surface area contributed by atoms with Gasteiger partial charge in [-0.1, -0.05) is 13.8 Å². The van der Waals surface area contributed by atoms with E-state index in [4.69, 9.17) is 11.6 Å². The van der Waals surface area contributed by atoms with E-state index in [0.29, 0.717) is 17.8 Å². The molecular weight excluding hydrogens is 286 g/mol. The van der Waals surface area contributed by atoms with Gasteiger partial charge in [-0.3, -0.25) is 5.10 Å². The molecule has 0 radical (unpaired) electrons. The van der Waals surface area contributed by atoms with Crippen LogP contribution in [-0.4, -0.2) is 35.5 Å². The van der Waals surface area contributed by atoms with Crippen LogP contribution in [0.15, 0.2) is 5.03 Å². The van der Waals surface area contributed by atoms with Gasteiger partial charge in [0.15, 0.2) is 5.03 Å². The van der Waals surface area contributed by atoms with E-state index in [0.717, 1.165) is 0 Å². The molecule has 0 aliphatic heterocycles. The van der Waals surface area contributed by atoms with E-state index in [1.165, 1.54) is 4.31 Å². The van der Waals surface area contributed by atoms with Crippen molar-refractivity contribution in [1.82, 2.24) is 14.5 Å². The first-order valence-corrected chi connectivity index (χ1v) is 8.30. The highest BCUT2D eigenvalue weighted by Crippen LogP contribution is 2.24. The zero-order chi connectivity index (χ0) is 14.8. The number of H-pyrrole nitrogens is 1. The molecule has 5 nitrogen and oxygen atoms in total. The first-order chi connectivity index (χ1) is 8.71. The smallest absolute Gasteiger partial charge is 0.262 e. The molecule has 1 aromatic heterocycles. The number of nitrogens with one attached hydrogen (secondary N) is 1. The molecule has 0 saturated carbocycles. The van der Waals surface area contributed by atoms with Crippen molar-refractivity contribution in [2.75, 3.05) is 6.54 Å². The molecule has 110 valence electrons. The lowest BCUT2D eigenvalue weighted by atomic mass is 10.2. The number of halogens is 1. The molecule has 0 amide bonds. The molecular formula is C12H22ClN3O2S. The summed E-state index contributed by atoms with van der Waals surface area (Å²) in [4.78, 5) is 0. The SMILES string of the molecule is Cc1[nH]nc(S(=O)(=O)N(CC(C)C)C(C)C)c1CCl. The average molecular weight is 308 g/mol. The lowest BCUT2D eigenvalue weighted by molar-refractivity contribution is 0.317. The second kappa shape index (κ2) is 6.24. The lowest BCUT2D eigenvalue weighted by Gasteiger charge is -2.26. The summed E-state index contributed by atoms with van der Waals surface area (Å²) in [7, 11) is -3.61. The Labute approximate surface area is 120 Å². The molecule has 19 heavy (non-hydrogen) atoms. The fraction of sp³-hybridized carbons (Fsp3) is 0.750. The number of alkyl halides is 1. The van der Waals surface area contributed by atoms with E-state index < -0.39 is 10.0 Å². The Morgan fingerprint density at radius 1 is 1.32 bits per heavy atom. The zero-order valence-electron chi connectivity index (χ0n) is 12.1. The highest BCUT2D eigenvalue weighted by molar-refractivity contribution is 7.89. The summed E-state index contributed by atoms with van der Waals surface area (Å²) in [5.74, 6) is 0.376. The summed E-state index contributed by atoms with van der Waals surface area (Å²) in [6.07, 6.45) is 0. The molecule has 0 bridgehead atoms. The monoisotopic (exact) mass is 307 g/mol. The van der Waals surface area contributed by atoms with Crippen LogP contribution in [0.5, 0.6) is 0 Å². The highest BCUT2D eigenvalue weighted by atomic mass is 35.5. The van der Waals surface area contributed by atoms with Crippen LogP contribution >= 0.6 is 11.6 Å². The third kappa shape index (κ3) is 3.49. The van der Waals surface area contributed by atoms with Gasteiger partial charge in [0.05, 0.1) is 5.88 Å². The lowest BCUT2D eigenvalue weighted by Crippen LogP contribution is -2.40. The summed E-state index contributed by atoms with van der Waals surface area (Å²) in [6.45, 7) is 9.94. The Balaban J connectivity index is 3.27. The van der Waals surface area contributed by atoms with Gasteiger partial charge in [0.2, 0.25) is 0 Å². The van der Waals surface area contributed by atoms with Crippen molar-refractivity contribution in [1.29, 1.82) is 0 Å². The minimum atomic E-state index is -3.61. The number of nitrogens with zero attached hydrogens (tertiary/aromatic N) is 2. The Hall–Kier alpha value is -0.590. The maximum atomic E-state index is 12.7. The van der Waals surface area contributed by atoms with Crippen molar-refractivity contribution >= 4 is 21.6 Å². The fourth-order valence-corrected chi connectivity index (χ4v) is 4.23. The summed E-state index contributed by atoms with van der Waals surface area (Å²) in [5.41, 5.74) is 1.25. The topological polar surface area (TPSA) is 66.1 Å². The van der Waals surface area contributed by atoms with Crippen LogP contribution in [0.3, 0.4) is 0 Å². The van der Waals surface area contributed by atoms with Gasteiger partial charge in [-0.05, 0) is 26.7 Å². The third-order valence-electron chi connectivity index (χ3n) is 2.84. The molecule has 0 atom stereocenters. The van der Waals surface area contributed by atoms with Crippen LogP contribution in [0.2, 0.25) is 0 Å². The number of hydrogen-bond acceptors (Lipinski definition) is 3. The summed E-state index contributed by atoms with van der Waals surface area (Å²) < 4.78 is 26.8. The van der Waals surface area contributed by atoms with E-state index >= 15 is 0 Å². The van der Waals surface area contributed by atoms with E-state index in [-0.39, 0.29) is 22.9 Å². The summed E-state index contributed by atoms with van der Waals surface area (Å²) >= 11 is 5.83. The molecule has 0 aliphatic rings. The van der Waals surface area contributed by atoms with Crippen molar-refractivity contribution in [2.24, 2.45) is 5.92 Å². The molecule has 1 rings (SSSR count). The van der Waals surface area contributed by atoms with Gasteiger partial charge in [-0.2, -0.15) is 9.40 Å². The maximum Gasteiger partial charge on any atom is 0.262 e. The molecule has 0 aromatic carbocycles. The zero-order valence-corrected chi connectivity index (χ0v) is 13.6. The number of aromatic amines is 1. The van der Waals surface area contributed by atoms with Crippen LogP contribution in [0.4, 0.5) is 0 Å². The minimum absolute atomic E-state index is 0.0503. The van der Waals surface area contributed by atoms with Crippen LogP contribution in [-0.2, 0) is 15.9 Å². The summed E-state index contributed by atoms with van der Waals surface area (Å²) in [6, 6.07) is -0.118. The van der Waals surface area contributed by atoms with E-state index in [9.17, 15) is 8.42 Å². The normalized spacial score (nSPS) is 12.9. The highest BCUT2D eigenvalue weighted by Gasteiger charge is 2.32. The number of rotatable bonds is 6. The Bertz CT molecular complexity index is 523. The van der Waals surface area contributed by atoms with E-state index in [2.05, 4.69) is 10.2 Å². The van der Waals surface area contributed by atoms with E-state index in [1.807, 2.05) is 27.7 Å². The van der Waals surface area contributed by atoms with Gasteiger partial charge >= 0.3 is 0 Å². The Morgan fingerprint density at radius 2 is 1.89 bits per heavy atom. The van der Waals surface area contributed by atoms with Gasteiger partial charge in [0.1, 0.15) is 0 Å². The molecule has 0 aliphatic carbocycles. The van der Waals surface area contributed by atoms with Crippen LogP contribution in [0.25, 0.3) is 0 Å². The summed E-state index contributed by atoms with van der Waals surface area (Å²) in [5, 5.41) is 6.68. The molecule has 0 fully saturated rings. The standard InChI is InChI=1S/C12H22ClN3O2S/c1-8(2)7-16(9(3)4)19(17,18)12-11(6-13)10(5)14-15-12/h8-9H,6-7H2,1-5H3,(H,14,15). The molecule has 1 heterocycles. The average Bonchev–Trinajstić information content (AvgIpc) is 2.67. The van der Waals surface area contributed by atoms with Gasteiger partial charge in [-0.25, -0.2) is 8.42 Å². The Kier molecular flexibility index (Phi) is 5.41. The predicted molar refractivity (Wildman–Crippen MR) is 76.7 cm³/mol. The molecule has 1 aromatic rings. The predicted octanol–water partition coefficient (Wildman–Crippen LogP) is 2.51. The molecule has 7 heteroatoms. The fourth-order valence-electron chi connectivity index (χ4n) is 1.86. The number of hydrogen-bond donors (Lipinski definition) is 1. The van der Waals surface area contributed by atoms with E-state index in [1.54, 1.807) is 6.92 Å². The first kappa shape index (κ1) is 16.5. The van der Waals surface area contributed by atoms with Crippen molar-refractivity contribution < 1.29 is 8.42 Å². The van der Waals surface area contributed by atoms with Gasteiger partial charge in [0.25, 0.3) is 10.0 Å². The van der Waals surface area contributed by atoms with Crippen LogP contribution < -0.4 is 0 Å². The minimum Gasteiger partial charge on any atom is -0.281 e. The van der Waals surface area contributed by atoms with Gasteiger partial charge in [0, 0.05) is 23.8 Å². The van der Waals surface area contributed by atoms with Crippen molar-refractivity contribution in [3.8, 4) is 0 Å². The van der Waals surface area contributed by atoms with Gasteiger partial charge in [-0.15, -0.1) is 11.6 Å². The van der Waals surface area contributed by atoms with Crippen LogP contribution in [0.1, 0.15) is 39.0 Å². The van der Waals surface area contributed by atoms with Crippen LogP contribution in [0, 0.1) is 12.8 Å². The molecule has 0 saturated heterocycles. The number of aryl methyl sites for hydroxylation is 1.